The molecule has 0 saturated carbocycles. The SMILES string of the molecule is CC(C)CN1CC2=C(C1=O)C(c1cccc(Oc3ccccc3)c1)NC(=O)N2C. The highest BCUT2D eigenvalue weighted by Gasteiger charge is 2.42. The molecule has 2 heterocycles. The number of hydrogen-bond acceptors (Lipinski definition) is 3. The molecule has 29 heavy (non-hydrogen) atoms. The van der Waals surface area contributed by atoms with E-state index in [-0.39, 0.29) is 11.9 Å². The van der Waals surface area contributed by atoms with Crippen molar-refractivity contribution in [3.05, 3.63) is 71.4 Å². The number of rotatable bonds is 5. The maximum absolute atomic E-state index is 13.1. The first-order chi connectivity index (χ1) is 13.9. The molecule has 0 saturated heterocycles. The molecular formula is C23H25N3O3. The molecule has 6 nitrogen and oxygen atoms in total. The lowest BCUT2D eigenvalue weighted by atomic mass is 9.95. The zero-order valence-electron chi connectivity index (χ0n) is 16.9. The van der Waals surface area contributed by atoms with Gasteiger partial charge in [-0.3, -0.25) is 9.69 Å². The first-order valence-electron chi connectivity index (χ1n) is 9.83. The average Bonchev–Trinajstić information content (AvgIpc) is 3.02. The van der Waals surface area contributed by atoms with E-state index in [2.05, 4.69) is 19.2 Å². The number of carbonyl (C=O) groups is 2. The monoisotopic (exact) mass is 391 g/mol. The van der Waals surface area contributed by atoms with Gasteiger partial charge in [-0.05, 0) is 35.7 Å². The first kappa shape index (κ1) is 19.1. The number of para-hydroxylation sites is 1. The van der Waals surface area contributed by atoms with E-state index in [0.717, 1.165) is 17.0 Å². The van der Waals surface area contributed by atoms with Crippen molar-refractivity contribution in [2.75, 3.05) is 20.1 Å². The summed E-state index contributed by atoms with van der Waals surface area (Å²) in [5.41, 5.74) is 2.25. The minimum atomic E-state index is -0.488. The number of likely N-dealkylation sites (N-methyl/N-ethyl adjacent to an activating group) is 1. The van der Waals surface area contributed by atoms with Gasteiger partial charge in [-0.15, -0.1) is 0 Å². The maximum Gasteiger partial charge on any atom is 0.322 e. The molecule has 3 amide bonds. The van der Waals surface area contributed by atoms with E-state index in [1.54, 1.807) is 11.9 Å². The molecule has 0 bridgehead atoms. The molecule has 6 heteroatoms. The van der Waals surface area contributed by atoms with Crippen molar-refractivity contribution >= 4 is 11.9 Å². The molecule has 1 N–H and O–H groups in total. The van der Waals surface area contributed by atoms with Crippen LogP contribution >= 0.6 is 0 Å². The molecule has 0 aliphatic carbocycles. The highest BCUT2D eigenvalue weighted by atomic mass is 16.5. The van der Waals surface area contributed by atoms with E-state index < -0.39 is 6.04 Å². The minimum Gasteiger partial charge on any atom is -0.457 e. The Balaban J connectivity index is 1.66. The van der Waals surface area contributed by atoms with Gasteiger partial charge in [-0.1, -0.05) is 44.2 Å². The summed E-state index contributed by atoms with van der Waals surface area (Å²) in [6, 6.07) is 16.4. The van der Waals surface area contributed by atoms with E-state index in [1.807, 2.05) is 59.5 Å². The van der Waals surface area contributed by atoms with Crippen LogP contribution in [0.2, 0.25) is 0 Å². The zero-order chi connectivity index (χ0) is 20.5. The Morgan fingerprint density at radius 3 is 2.52 bits per heavy atom. The fourth-order valence-electron chi connectivity index (χ4n) is 3.84. The molecule has 2 aromatic rings. The van der Waals surface area contributed by atoms with E-state index in [1.165, 1.54) is 0 Å². The summed E-state index contributed by atoms with van der Waals surface area (Å²) in [7, 11) is 1.71. The smallest absolute Gasteiger partial charge is 0.322 e. The van der Waals surface area contributed by atoms with Crippen LogP contribution in [-0.2, 0) is 4.79 Å². The number of benzene rings is 2. The summed E-state index contributed by atoms with van der Waals surface area (Å²) >= 11 is 0. The second kappa shape index (κ2) is 7.62. The number of carbonyl (C=O) groups excluding carboxylic acids is 2. The van der Waals surface area contributed by atoms with Crippen LogP contribution in [0.3, 0.4) is 0 Å². The molecule has 2 aliphatic rings. The Hall–Kier alpha value is -3.28. The molecule has 4 rings (SSSR count). The third kappa shape index (κ3) is 3.70. The quantitative estimate of drug-likeness (QED) is 0.840. The maximum atomic E-state index is 13.1. The highest BCUT2D eigenvalue weighted by Crippen LogP contribution is 2.37. The molecule has 2 aromatic carbocycles. The Morgan fingerprint density at radius 2 is 1.79 bits per heavy atom. The zero-order valence-corrected chi connectivity index (χ0v) is 16.9. The molecular weight excluding hydrogens is 366 g/mol. The van der Waals surface area contributed by atoms with Crippen molar-refractivity contribution in [2.45, 2.75) is 19.9 Å². The summed E-state index contributed by atoms with van der Waals surface area (Å²) in [5.74, 6) is 1.74. The number of hydrogen-bond donors (Lipinski definition) is 1. The standard InChI is InChI=1S/C23H25N3O3/c1-15(2)13-26-14-19-20(22(26)27)21(24-23(28)25(19)3)16-8-7-11-18(12-16)29-17-9-5-4-6-10-17/h4-12,15,21H,13-14H2,1-3H3,(H,24,28). The number of urea groups is 1. The normalized spacial score (nSPS) is 19.0. The van der Waals surface area contributed by atoms with E-state index in [9.17, 15) is 9.59 Å². The molecule has 0 fully saturated rings. The van der Waals surface area contributed by atoms with Crippen LogP contribution in [0.5, 0.6) is 11.5 Å². The van der Waals surface area contributed by atoms with Gasteiger partial charge >= 0.3 is 6.03 Å². The van der Waals surface area contributed by atoms with Gasteiger partial charge in [-0.2, -0.15) is 0 Å². The summed E-state index contributed by atoms with van der Waals surface area (Å²) in [6.07, 6.45) is 0. The largest absolute Gasteiger partial charge is 0.457 e. The lowest BCUT2D eigenvalue weighted by Crippen LogP contribution is -2.45. The fourth-order valence-corrected chi connectivity index (χ4v) is 3.84. The van der Waals surface area contributed by atoms with Crippen LogP contribution < -0.4 is 10.1 Å². The first-order valence-corrected chi connectivity index (χ1v) is 9.83. The minimum absolute atomic E-state index is 0.0140. The average molecular weight is 391 g/mol. The summed E-state index contributed by atoms with van der Waals surface area (Å²) in [5, 5.41) is 2.98. The van der Waals surface area contributed by atoms with E-state index >= 15 is 0 Å². The molecule has 2 aliphatic heterocycles. The van der Waals surface area contributed by atoms with Gasteiger partial charge in [0, 0.05) is 13.6 Å². The van der Waals surface area contributed by atoms with Crippen LogP contribution in [0.25, 0.3) is 0 Å². The van der Waals surface area contributed by atoms with Crippen LogP contribution in [0, 0.1) is 5.92 Å². The van der Waals surface area contributed by atoms with Crippen LogP contribution in [-0.4, -0.2) is 41.9 Å². The van der Waals surface area contributed by atoms with Crippen molar-refractivity contribution in [1.29, 1.82) is 0 Å². The van der Waals surface area contributed by atoms with E-state index in [0.29, 0.717) is 30.3 Å². The van der Waals surface area contributed by atoms with Gasteiger partial charge in [0.1, 0.15) is 11.5 Å². The van der Waals surface area contributed by atoms with Crippen molar-refractivity contribution in [3.63, 3.8) is 0 Å². The van der Waals surface area contributed by atoms with Gasteiger partial charge in [0.25, 0.3) is 5.91 Å². The third-order valence-electron chi connectivity index (χ3n) is 5.19. The van der Waals surface area contributed by atoms with Gasteiger partial charge in [0.2, 0.25) is 0 Å². The molecule has 0 radical (unpaired) electrons. The van der Waals surface area contributed by atoms with Crippen molar-refractivity contribution in [1.82, 2.24) is 15.1 Å². The van der Waals surface area contributed by atoms with Crippen molar-refractivity contribution in [2.24, 2.45) is 5.92 Å². The topological polar surface area (TPSA) is 61.9 Å². The molecule has 0 aromatic heterocycles. The number of amides is 3. The van der Waals surface area contributed by atoms with E-state index in [4.69, 9.17) is 4.74 Å². The van der Waals surface area contributed by atoms with Gasteiger partial charge in [0.05, 0.1) is 23.9 Å². The molecule has 1 atom stereocenters. The predicted octanol–water partition coefficient (Wildman–Crippen LogP) is 3.93. The van der Waals surface area contributed by atoms with Gasteiger partial charge in [-0.25, -0.2) is 4.79 Å². The Labute approximate surface area is 170 Å². The fraction of sp³-hybridized carbons (Fsp3) is 0.304. The number of nitrogens with zero attached hydrogens (tertiary/aromatic N) is 2. The molecule has 0 spiro atoms. The highest BCUT2D eigenvalue weighted by molar-refractivity contribution is 6.01. The Bertz CT molecular complexity index is 968. The molecule has 150 valence electrons. The van der Waals surface area contributed by atoms with Crippen LogP contribution in [0.1, 0.15) is 25.5 Å². The lowest BCUT2D eigenvalue weighted by molar-refractivity contribution is -0.126. The lowest BCUT2D eigenvalue weighted by Gasteiger charge is -2.31. The summed E-state index contributed by atoms with van der Waals surface area (Å²) < 4.78 is 5.94. The number of nitrogens with one attached hydrogen (secondary N) is 1. The van der Waals surface area contributed by atoms with Crippen molar-refractivity contribution in [3.8, 4) is 11.5 Å². The Kier molecular flexibility index (Phi) is 5.01. The number of ether oxygens (including phenoxy) is 1. The second-order valence-electron chi connectivity index (χ2n) is 7.87. The van der Waals surface area contributed by atoms with Gasteiger partial charge in [0.15, 0.2) is 0 Å². The van der Waals surface area contributed by atoms with Crippen LogP contribution in [0.4, 0.5) is 4.79 Å². The third-order valence-corrected chi connectivity index (χ3v) is 5.19. The summed E-state index contributed by atoms with van der Waals surface area (Å²) in [4.78, 5) is 29.1. The second-order valence-corrected chi connectivity index (χ2v) is 7.87. The van der Waals surface area contributed by atoms with Crippen LogP contribution in [0.15, 0.2) is 65.9 Å². The predicted molar refractivity (Wildman–Crippen MR) is 110 cm³/mol. The molecule has 1 unspecified atom stereocenters. The van der Waals surface area contributed by atoms with Crippen molar-refractivity contribution < 1.29 is 14.3 Å². The Morgan fingerprint density at radius 1 is 1.07 bits per heavy atom. The summed E-state index contributed by atoms with van der Waals surface area (Å²) in [6.45, 7) is 5.30. The van der Waals surface area contributed by atoms with Gasteiger partial charge < -0.3 is 15.0 Å².